The Morgan fingerprint density at radius 2 is 0.755 bits per heavy atom. The Balaban J connectivity index is 0.00000348. The van der Waals surface area contributed by atoms with Crippen molar-refractivity contribution in [1.82, 2.24) is 9.97 Å². The third-order valence-corrected chi connectivity index (χ3v) is 9.81. The summed E-state index contributed by atoms with van der Waals surface area (Å²) in [4.78, 5) is 10.8. The molecule has 0 amide bonds. The Labute approximate surface area is 303 Å². The van der Waals surface area contributed by atoms with Crippen LogP contribution in [0.1, 0.15) is 59.3 Å². The predicted octanol–water partition coefficient (Wildman–Crippen LogP) is 7.92. The van der Waals surface area contributed by atoms with Crippen LogP contribution in [0, 0.1) is 0 Å². The average Bonchev–Trinajstić information content (AvgIpc) is 3.98. The fraction of sp³-hybridized carbons (Fsp3) is 0.136. The second-order valence-electron chi connectivity index (χ2n) is 12.7. The van der Waals surface area contributed by atoms with E-state index >= 15 is 0 Å². The van der Waals surface area contributed by atoms with Gasteiger partial charge in [0.25, 0.3) is 0 Å². The molecule has 5 heterocycles. The van der Waals surface area contributed by atoms with Crippen LogP contribution < -0.4 is 20.7 Å². The van der Waals surface area contributed by atoms with Gasteiger partial charge in [0, 0.05) is 0 Å². The van der Waals surface area contributed by atoms with Gasteiger partial charge in [-0.1, -0.05) is 193 Å². The van der Waals surface area contributed by atoms with Gasteiger partial charge in [0.15, 0.2) is 0 Å². The molecule has 4 aromatic carbocycles. The van der Waals surface area contributed by atoms with Crippen molar-refractivity contribution in [3.63, 3.8) is 0 Å². The van der Waals surface area contributed by atoms with Crippen molar-refractivity contribution in [2.24, 2.45) is 0 Å². The predicted molar refractivity (Wildman–Crippen MR) is 200 cm³/mol. The number of benzene rings is 4. The van der Waals surface area contributed by atoms with Gasteiger partial charge in [-0.2, -0.15) is 11.4 Å². The maximum absolute atomic E-state index is 5.52. The first-order valence-corrected chi connectivity index (χ1v) is 16.9. The summed E-state index contributed by atoms with van der Waals surface area (Å²) in [6.07, 6.45) is 3.56. The van der Waals surface area contributed by atoms with Crippen molar-refractivity contribution in [3.8, 4) is 0 Å². The second-order valence-corrected chi connectivity index (χ2v) is 12.7. The Kier molecular flexibility index (Phi) is 8.62. The third-order valence-electron chi connectivity index (χ3n) is 9.81. The number of hydrogen-bond acceptors (Lipinski definition) is 0. The quantitative estimate of drug-likeness (QED) is 0.184. The van der Waals surface area contributed by atoms with E-state index in [1.54, 1.807) is 0 Å². The van der Waals surface area contributed by atoms with Crippen LogP contribution in [0.5, 0.6) is 0 Å². The zero-order valence-electron chi connectivity index (χ0n) is 27.3. The van der Waals surface area contributed by atoms with E-state index in [2.05, 4.69) is 146 Å². The largest absolute Gasteiger partial charge is 2.00 e. The van der Waals surface area contributed by atoms with Crippen LogP contribution in [0.25, 0.3) is 32.9 Å². The Hall–Kier alpha value is -4.97. The van der Waals surface area contributed by atoms with Crippen LogP contribution >= 0.6 is 0 Å². The van der Waals surface area contributed by atoms with Crippen LogP contribution in [-0.4, -0.2) is 35.1 Å². The summed E-state index contributed by atoms with van der Waals surface area (Å²) in [6, 6.07) is 51.3. The van der Waals surface area contributed by atoms with Crippen LogP contribution in [0.2, 0.25) is 0 Å². The summed E-state index contributed by atoms with van der Waals surface area (Å²) >= 11 is 0. The molecule has 0 spiro atoms. The van der Waals surface area contributed by atoms with Gasteiger partial charge in [0.05, 0.1) is 0 Å². The zero-order valence-corrected chi connectivity index (χ0v) is 28.7. The van der Waals surface area contributed by atoms with Crippen molar-refractivity contribution < 1.29 is 0 Å². The van der Waals surface area contributed by atoms with E-state index in [4.69, 9.17) is 20.6 Å². The molecule has 49 heavy (non-hydrogen) atoms. The molecule has 4 nitrogen and oxygen atoms in total. The standard InChI is InChI=1S/C44H34N4.Mg/c1-5-13-29(14-6-1)41-33-21-23-35(45-33)42(30-15-7-2-8-16-30)37-25-27-39(47-37)44(32-19-11-4-12-20-32)40-28-26-38(48-40)43(31-17-9-3-10-18-31)36-24-22-34(41)46-36;/h1-21,23,26,28,34,37H,22,24-25,27H2;/q-4;+2/b41-33-,42-35-,43-36-,44-39-;. The van der Waals surface area contributed by atoms with Gasteiger partial charge in [0.2, 0.25) is 0 Å². The van der Waals surface area contributed by atoms with Crippen molar-refractivity contribution >= 4 is 45.3 Å². The molecule has 3 aliphatic rings. The molecule has 5 heteroatoms. The maximum atomic E-state index is 5.52. The van der Waals surface area contributed by atoms with Gasteiger partial charge < -0.3 is 20.6 Å². The monoisotopic (exact) mass is 642 g/mol. The molecule has 2 fully saturated rings. The molecular weight excluding hydrogens is 609 g/mol. The molecule has 0 saturated carbocycles. The molecule has 0 radical (unpaired) electrons. The summed E-state index contributed by atoms with van der Waals surface area (Å²) < 4.78 is 0. The minimum atomic E-state index is -0.0195. The first-order valence-electron chi connectivity index (χ1n) is 16.9. The first-order chi connectivity index (χ1) is 23.8. The minimum absolute atomic E-state index is 0. The number of fused-ring (bicyclic) bond motifs is 8. The van der Waals surface area contributed by atoms with Crippen molar-refractivity contribution in [2.75, 3.05) is 0 Å². The first kappa shape index (κ1) is 31.3. The van der Waals surface area contributed by atoms with Crippen molar-refractivity contribution in [1.29, 1.82) is 0 Å². The van der Waals surface area contributed by atoms with Gasteiger partial charge in [0.1, 0.15) is 0 Å². The van der Waals surface area contributed by atoms with Gasteiger partial charge in [-0.25, -0.2) is 0 Å². The second kappa shape index (κ2) is 13.5. The maximum Gasteiger partial charge on any atom is 2.00 e. The van der Waals surface area contributed by atoms with Crippen molar-refractivity contribution in [2.45, 2.75) is 37.8 Å². The Morgan fingerprint density at radius 3 is 1.14 bits per heavy atom. The molecule has 2 aromatic heterocycles. The molecule has 2 atom stereocenters. The van der Waals surface area contributed by atoms with Crippen LogP contribution in [0.4, 0.5) is 0 Å². The molecule has 2 unspecified atom stereocenters. The van der Waals surface area contributed by atoms with Crippen LogP contribution in [0.15, 0.2) is 157 Å². The normalized spacial score (nSPS) is 23.8. The smallest absolute Gasteiger partial charge is 0.681 e. The van der Waals surface area contributed by atoms with Crippen molar-refractivity contribution in [3.05, 3.63) is 212 Å². The molecule has 9 rings (SSSR count). The number of nitrogens with zero attached hydrogens (tertiary/aromatic N) is 4. The van der Waals surface area contributed by atoms with E-state index in [1.807, 2.05) is 0 Å². The van der Waals surface area contributed by atoms with Crippen LogP contribution in [-0.2, 0) is 0 Å². The summed E-state index contributed by atoms with van der Waals surface area (Å²) in [6.45, 7) is 0. The summed E-state index contributed by atoms with van der Waals surface area (Å²) in [5, 5.41) is 13.0. The van der Waals surface area contributed by atoms with E-state index in [0.717, 1.165) is 92.6 Å². The van der Waals surface area contributed by atoms with Gasteiger partial charge in [-0.3, -0.25) is 0 Å². The number of allylic oxidation sites excluding steroid dienone is 2. The summed E-state index contributed by atoms with van der Waals surface area (Å²) in [5.74, 6) is 0. The van der Waals surface area contributed by atoms with Gasteiger partial charge in [-0.15, -0.1) is 22.1 Å². The SMILES string of the molecule is [Mg+2].c1ccc(/C2=C3\CCC([N-]3)/C(c3ccccc3)=c3/cc/c([n-]3)=C(\c3ccccc3)C3CC/C(=C(\c4ccccc4)c4ccc2[n-]4)[N-]3)cc1. The van der Waals surface area contributed by atoms with Crippen LogP contribution in [0.3, 0.4) is 0 Å². The average molecular weight is 643 g/mol. The zero-order chi connectivity index (χ0) is 31.9. The topological polar surface area (TPSA) is 56.4 Å². The molecule has 234 valence electrons. The fourth-order valence-corrected chi connectivity index (χ4v) is 7.67. The number of rotatable bonds is 4. The Morgan fingerprint density at radius 1 is 0.388 bits per heavy atom. The van der Waals surface area contributed by atoms with E-state index < -0.39 is 0 Å². The summed E-state index contributed by atoms with van der Waals surface area (Å²) in [7, 11) is 0. The molecule has 2 saturated heterocycles. The Bertz CT molecular complexity index is 2120. The number of aromatic nitrogens is 2. The van der Waals surface area contributed by atoms with E-state index in [0.29, 0.717) is 0 Å². The molecule has 6 aromatic rings. The molecule has 0 aliphatic carbocycles. The van der Waals surface area contributed by atoms with E-state index in [-0.39, 0.29) is 35.1 Å². The molecule has 0 N–H and O–H groups in total. The number of hydrogen-bond donors (Lipinski definition) is 0. The van der Waals surface area contributed by atoms with Gasteiger partial charge in [-0.05, 0) is 35.1 Å². The molecular formula is C44H34MgN4-2. The van der Waals surface area contributed by atoms with E-state index in [9.17, 15) is 0 Å². The molecule has 8 bridgehead atoms. The van der Waals surface area contributed by atoms with E-state index in [1.165, 1.54) is 11.1 Å². The third kappa shape index (κ3) is 5.87. The molecule has 3 aliphatic heterocycles. The minimum Gasteiger partial charge on any atom is -0.681 e. The van der Waals surface area contributed by atoms with Gasteiger partial charge >= 0.3 is 23.1 Å². The fourth-order valence-electron chi connectivity index (χ4n) is 7.67. The summed E-state index contributed by atoms with van der Waals surface area (Å²) in [5.41, 5.74) is 13.3.